The Morgan fingerprint density at radius 3 is 2.27 bits per heavy atom. The zero-order chi connectivity index (χ0) is 8.43. The number of carboxylic acid groups (broad SMARTS) is 2. The van der Waals surface area contributed by atoms with Crippen molar-refractivity contribution in [1.29, 1.82) is 0 Å². The van der Waals surface area contributed by atoms with Crippen molar-refractivity contribution >= 4 is 11.9 Å². The predicted molar refractivity (Wildman–Crippen MR) is 34.8 cm³/mol. The topological polar surface area (TPSA) is 86.6 Å². The van der Waals surface area contributed by atoms with Crippen LogP contribution in [0.15, 0.2) is 12.3 Å². The summed E-state index contributed by atoms with van der Waals surface area (Å²) < 4.78 is 0. The lowest BCUT2D eigenvalue weighted by Crippen LogP contribution is -2.38. The van der Waals surface area contributed by atoms with E-state index in [-0.39, 0.29) is 0 Å². The molecule has 0 aliphatic carbocycles. The Hall–Kier alpha value is -1.52. The van der Waals surface area contributed by atoms with E-state index in [1.807, 2.05) is 0 Å². The maximum absolute atomic E-state index is 10.4. The van der Waals surface area contributed by atoms with Gasteiger partial charge in [-0.1, -0.05) is 6.08 Å². The number of hydrogen-bond acceptors (Lipinski definition) is 3. The smallest absolute Gasteiger partial charge is 0.327 e. The largest absolute Gasteiger partial charge is 0.481 e. The molecule has 1 aliphatic heterocycles. The summed E-state index contributed by atoms with van der Waals surface area (Å²) in [4.78, 5) is 20.7. The van der Waals surface area contributed by atoms with Crippen LogP contribution in [-0.4, -0.2) is 28.2 Å². The summed E-state index contributed by atoms with van der Waals surface area (Å²) in [6, 6.07) is -1.02. The van der Waals surface area contributed by atoms with Crippen LogP contribution in [0.1, 0.15) is 0 Å². The van der Waals surface area contributed by atoms with Gasteiger partial charge in [-0.3, -0.25) is 4.79 Å². The predicted octanol–water partition coefficient (Wildman–Crippen LogP) is -0.743. The van der Waals surface area contributed by atoms with E-state index in [1.54, 1.807) is 0 Å². The quantitative estimate of drug-likeness (QED) is 0.491. The first-order chi connectivity index (χ1) is 5.13. The Morgan fingerprint density at radius 1 is 1.27 bits per heavy atom. The van der Waals surface area contributed by atoms with Gasteiger partial charge in [0.15, 0.2) is 0 Å². The van der Waals surface area contributed by atoms with Crippen LogP contribution in [0.3, 0.4) is 0 Å². The molecule has 5 nitrogen and oxygen atoms in total. The molecule has 60 valence electrons. The van der Waals surface area contributed by atoms with Crippen LogP contribution in [0.5, 0.6) is 0 Å². The Kier molecular flexibility index (Phi) is 1.80. The van der Waals surface area contributed by atoms with Crippen LogP contribution in [0.25, 0.3) is 0 Å². The number of nitrogens with one attached hydrogen (secondary N) is 1. The van der Waals surface area contributed by atoms with Gasteiger partial charge in [0.2, 0.25) is 0 Å². The van der Waals surface area contributed by atoms with E-state index < -0.39 is 23.9 Å². The van der Waals surface area contributed by atoms with Crippen LogP contribution < -0.4 is 5.32 Å². The Bertz CT molecular complexity index is 223. The molecular formula is C6H7NO4. The van der Waals surface area contributed by atoms with Gasteiger partial charge in [0, 0.05) is 0 Å². The van der Waals surface area contributed by atoms with Crippen molar-refractivity contribution in [3.63, 3.8) is 0 Å². The van der Waals surface area contributed by atoms with E-state index >= 15 is 0 Å². The summed E-state index contributed by atoms with van der Waals surface area (Å²) in [5.74, 6) is -3.23. The number of rotatable bonds is 2. The second-order valence-corrected chi connectivity index (χ2v) is 2.21. The highest BCUT2D eigenvalue weighted by Gasteiger charge is 2.33. The molecule has 1 aliphatic rings. The van der Waals surface area contributed by atoms with Gasteiger partial charge in [0.05, 0.1) is 0 Å². The molecule has 0 fully saturated rings. The fraction of sp³-hybridized carbons (Fsp3) is 0.333. The third-order valence-corrected chi connectivity index (χ3v) is 1.49. The van der Waals surface area contributed by atoms with E-state index in [9.17, 15) is 9.59 Å². The number of aliphatic carboxylic acids is 2. The average Bonchev–Trinajstić information content (AvgIpc) is 2.32. The van der Waals surface area contributed by atoms with E-state index in [2.05, 4.69) is 5.32 Å². The lowest BCUT2D eigenvalue weighted by Gasteiger charge is -2.10. The summed E-state index contributed by atoms with van der Waals surface area (Å²) in [6.07, 6.45) is 2.67. The molecule has 0 amide bonds. The molecule has 3 N–H and O–H groups in total. The van der Waals surface area contributed by atoms with Crippen LogP contribution in [0.4, 0.5) is 0 Å². The molecule has 0 spiro atoms. The molecule has 2 unspecified atom stereocenters. The molecule has 0 aromatic heterocycles. The third-order valence-electron chi connectivity index (χ3n) is 1.49. The highest BCUT2D eigenvalue weighted by atomic mass is 16.4. The Labute approximate surface area is 62.3 Å². The van der Waals surface area contributed by atoms with Gasteiger partial charge in [0.1, 0.15) is 12.0 Å². The molecule has 0 bridgehead atoms. The summed E-state index contributed by atoms with van der Waals surface area (Å²) in [6.45, 7) is 0. The summed E-state index contributed by atoms with van der Waals surface area (Å²) in [5.41, 5.74) is 0. The van der Waals surface area contributed by atoms with Crippen molar-refractivity contribution in [2.45, 2.75) is 6.04 Å². The van der Waals surface area contributed by atoms with Gasteiger partial charge in [-0.2, -0.15) is 0 Å². The number of hydrogen-bond donors (Lipinski definition) is 3. The minimum atomic E-state index is -1.15. The highest BCUT2D eigenvalue weighted by Crippen LogP contribution is 2.11. The van der Waals surface area contributed by atoms with E-state index in [1.165, 1.54) is 12.3 Å². The summed E-state index contributed by atoms with van der Waals surface area (Å²) in [7, 11) is 0. The molecule has 0 saturated carbocycles. The van der Waals surface area contributed by atoms with Crippen LogP contribution >= 0.6 is 0 Å². The van der Waals surface area contributed by atoms with Crippen LogP contribution in [-0.2, 0) is 9.59 Å². The fourth-order valence-corrected chi connectivity index (χ4v) is 0.927. The molecule has 0 radical (unpaired) electrons. The van der Waals surface area contributed by atoms with Gasteiger partial charge in [-0.15, -0.1) is 0 Å². The lowest BCUT2D eigenvalue weighted by atomic mass is 10.0. The fourth-order valence-electron chi connectivity index (χ4n) is 0.927. The van der Waals surface area contributed by atoms with Crippen molar-refractivity contribution < 1.29 is 19.8 Å². The van der Waals surface area contributed by atoms with Gasteiger partial charge < -0.3 is 15.5 Å². The zero-order valence-electron chi connectivity index (χ0n) is 5.52. The SMILES string of the molecule is O=C(O)C1C=CNC1C(=O)O. The first-order valence-corrected chi connectivity index (χ1v) is 3.01. The minimum absolute atomic E-state index is 0.951. The lowest BCUT2D eigenvalue weighted by molar-refractivity contribution is -0.148. The van der Waals surface area contributed by atoms with Crippen LogP contribution in [0.2, 0.25) is 0 Å². The van der Waals surface area contributed by atoms with Crippen molar-refractivity contribution in [2.75, 3.05) is 0 Å². The van der Waals surface area contributed by atoms with Gasteiger partial charge in [-0.05, 0) is 6.20 Å². The molecule has 1 rings (SSSR count). The van der Waals surface area contributed by atoms with Gasteiger partial charge >= 0.3 is 11.9 Å². The summed E-state index contributed by atoms with van der Waals surface area (Å²) in [5, 5.41) is 19.4. The molecule has 2 atom stereocenters. The molecule has 0 saturated heterocycles. The van der Waals surface area contributed by atoms with Gasteiger partial charge in [-0.25, -0.2) is 4.79 Å². The highest BCUT2D eigenvalue weighted by molar-refractivity contribution is 5.85. The second-order valence-electron chi connectivity index (χ2n) is 2.21. The first kappa shape index (κ1) is 7.59. The van der Waals surface area contributed by atoms with Crippen molar-refractivity contribution in [1.82, 2.24) is 5.32 Å². The molecule has 0 aromatic rings. The Balaban J connectivity index is 2.71. The molecular weight excluding hydrogens is 150 g/mol. The normalized spacial score (nSPS) is 28.0. The van der Waals surface area contributed by atoms with Crippen LogP contribution in [0, 0.1) is 5.92 Å². The van der Waals surface area contributed by atoms with E-state index in [4.69, 9.17) is 10.2 Å². The number of carboxylic acids is 2. The second kappa shape index (κ2) is 2.61. The third kappa shape index (κ3) is 1.31. The number of carbonyl (C=O) groups is 2. The molecule has 0 aromatic carbocycles. The van der Waals surface area contributed by atoms with E-state index in [0.29, 0.717) is 0 Å². The maximum Gasteiger partial charge on any atom is 0.327 e. The minimum Gasteiger partial charge on any atom is -0.481 e. The monoisotopic (exact) mass is 157 g/mol. The molecule has 11 heavy (non-hydrogen) atoms. The Morgan fingerprint density at radius 2 is 1.91 bits per heavy atom. The van der Waals surface area contributed by atoms with Crippen molar-refractivity contribution in [3.05, 3.63) is 12.3 Å². The standard InChI is InChI=1S/C6H7NO4/c8-5(9)3-1-2-7-4(3)6(10)11/h1-4,7H,(H,8,9)(H,10,11). The first-order valence-electron chi connectivity index (χ1n) is 3.01. The summed E-state index contributed by atoms with van der Waals surface area (Å²) >= 11 is 0. The average molecular weight is 157 g/mol. The van der Waals surface area contributed by atoms with Crippen molar-refractivity contribution in [2.24, 2.45) is 5.92 Å². The van der Waals surface area contributed by atoms with E-state index in [0.717, 1.165) is 0 Å². The molecule has 5 heteroatoms. The molecule has 1 heterocycles. The van der Waals surface area contributed by atoms with Crippen molar-refractivity contribution in [3.8, 4) is 0 Å². The zero-order valence-corrected chi connectivity index (χ0v) is 5.52. The van der Waals surface area contributed by atoms with Gasteiger partial charge in [0.25, 0.3) is 0 Å². The maximum atomic E-state index is 10.4.